The standard InChI is InChI=1S/CF4.K.Mn.H2O.O/c2-1(3,4)5;;;;/h;;;1H2;/q;+1;+2;;-2/p-1. The fraction of sp³-hybridized carbons (Fsp3) is 1.00. The van der Waals surface area contributed by atoms with E-state index in [1.807, 2.05) is 0 Å². The van der Waals surface area contributed by atoms with E-state index >= 15 is 0 Å². The second-order valence-electron chi connectivity index (χ2n) is 0.429. The monoisotopic (exact) mass is 215 g/mol. The molecule has 1 radical (unpaired) electrons. The molecule has 0 aromatic carbocycles. The smallest absolute Gasteiger partial charge is 2.00 e. The van der Waals surface area contributed by atoms with Crippen molar-refractivity contribution in [2.24, 2.45) is 0 Å². The predicted octanol–water partition coefficient (Wildman–Crippen LogP) is -1.82. The Labute approximate surface area is 102 Å². The maximum absolute atomic E-state index is 9.69. The van der Waals surface area contributed by atoms with Gasteiger partial charge in [0.2, 0.25) is 0 Å². The summed E-state index contributed by atoms with van der Waals surface area (Å²) >= 11 is 0. The third-order valence-electron chi connectivity index (χ3n) is 0. The van der Waals surface area contributed by atoms with Crippen molar-refractivity contribution in [3.63, 3.8) is 0 Å². The van der Waals surface area contributed by atoms with Crippen LogP contribution in [0.15, 0.2) is 0 Å². The Morgan fingerprint density at radius 3 is 0.889 bits per heavy atom. The minimum atomic E-state index is -5.50. The van der Waals surface area contributed by atoms with Crippen LogP contribution in [0.25, 0.3) is 0 Å². The van der Waals surface area contributed by atoms with E-state index in [9.17, 15) is 17.6 Å². The summed E-state index contributed by atoms with van der Waals surface area (Å²) in [7, 11) is 0. The first-order chi connectivity index (χ1) is 2.00. The molecule has 0 saturated carbocycles. The van der Waals surface area contributed by atoms with Crippen molar-refractivity contribution in [3.05, 3.63) is 0 Å². The summed E-state index contributed by atoms with van der Waals surface area (Å²) < 4.78 is 38.8. The zero-order chi connectivity index (χ0) is 4.50. The SMILES string of the molecule is FC(F)(F)F.[K+].[Mn+2].[O-2].[OH-]. The van der Waals surface area contributed by atoms with E-state index in [1.165, 1.54) is 0 Å². The van der Waals surface area contributed by atoms with Crippen LogP contribution in [0.1, 0.15) is 0 Å². The normalized spacial score (nSPS) is 6.67. The first-order valence-corrected chi connectivity index (χ1v) is 0.756. The molecule has 0 aromatic heterocycles. The molecule has 0 atom stereocenters. The maximum atomic E-state index is 9.69. The summed E-state index contributed by atoms with van der Waals surface area (Å²) in [5.74, 6) is 0. The van der Waals surface area contributed by atoms with Gasteiger partial charge in [-0.1, -0.05) is 0 Å². The molecule has 0 bridgehead atoms. The third kappa shape index (κ3) is 185. The van der Waals surface area contributed by atoms with E-state index in [0.29, 0.717) is 0 Å². The zero-order valence-corrected chi connectivity index (χ0v) is 8.55. The van der Waals surface area contributed by atoms with Crippen molar-refractivity contribution in [2.75, 3.05) is 0 Å². The molecule has 8 heteroatoms. The number of halogens is 4. The average molecular weight is 215 g/mol. The number of rotatable bonds is 0. The fourth-order valence-corrected chi connectivity index (χ4v) is 0. The predicted molar refractivity (Wildman–Crippen MR) is 9.79 cm³/mol. The third-order valence-corrected chi connectivity index (χ3v) is 0. The van der Waals surface area contributed by atoms with Gasteiger partial charge in [-0.2, -0.15) is 0 Å². The van der Waals surface area contributed by atoms with Crippen LogP contribution in [0, 0.1) is 0 Å². The summed E-state index contributed by atoms with van der Waals surface area (Å²) in [5, 5.41) is 0. The van der Waals surface area contributed by atoms with Crippen molar-refractivity contribution in [1.29, 1.82) is 0 Å². The Morgan fingerprint density at radius 1 is 0.889 bits per heavy atom. The Hall–Kier alpha value is 1.80. The van der Waals surface area contributed by atoms with Gasteiger partial charge in [0, 0.05) is 0 Å². The van der Waals surface area contributed by atoms with Crippen LogP contribution in [0.4, 0.5) is 17.6 Å². The molecule has 0 fully saturated rings. The van der Waals surface area contributed by atoms with Gasteiger partial charge in [0.25, 0.3) is 0 Å². The Balaban J connectivity index is -0.0000000133. The van der Waals surface area contributed by atoms with Crippen molar-refractivity contribution in [1.82, 2.24) is 0 Å². The van der Waals surface area contributed by atoms with E-state index in [0.717, 1.165) is 0 Å². The quantitative estimate of drug-likeness (QED) is 0.346. The molecule has 0 aliphatic rings. The van der Waals surface area contributed by atoms with Crippen LogP contribution in [0.5, 0.6) is 0 Å². The van der Waals surface area contributed by atoms with Gasteiger partial charge < -0.3 is 11.0 Å². The van der Waals surface area contributed by atoms with Crippen molar-refractivity contribution >= 4 is 0 Å². The fourth-order valence-electron chi connectivity index (χ4n) is 0. The van der Waals surface area contributed by atoms with Gasteiger partial charge >= 0.3 is 74.9 Å². The van der Waals surface area contributed by atoms with Gasteiger partial charge in [-0.05, 0) is 0 Å². The molecule has 0 spiro atoms. The van der Waals surface area contributed by atoms with E-state index in [1.54, 1.807) is 0 Å². The Morgan fingerprint density at radius 2 is 0.889 bits per heavy atom. The summed E-state index contributed by atoms with van der Waals surface area (Å²) in [4.78, 5) is 0. The van der Waals surface area contributed by atoms with Crippen LogP contribution in [0.3, 0.4) is 0 Å². The van der Waals surface area contributed by atoms with E-state index in [4.69, 9.17) is 0 Å². The molecule has 0 unspecified atom stereocenters. The molecule has 0 aliphatic heterocycles. The van der Waals surface area contributed by atoms with Gasteiger partial charge in [0.15, 0.2) is 0 Å². The van der Waals surface area contributed by atoms with Crippen LogP contribution in [-0.2, 0) is 22.5 Å². The first kappa shape index (κ1) is 30.8. The summed E-state index contributed by atoms with van der Waals surface area (Å²) in [6.07, 6.45) is -5.50. The molecule has 0 heterocycles. The molecule has 53 valence electrons. The van der Waals surface area contributed by atoms with Gasteiger partial charge in [0.1, 0.15) is 0 Å². The molecule has 0 aromatic rings. The van der Waals surface area contributed by atoms with Gasteiger partial charge in [-0.25, -0.2) is 0 Å². The van der Waals surface area contributed by atoms with Gasteiger partial charge in [-0.15, -0.1) is 17.6 Å². The number of hydrogen-bond acceptors (Lipinski definition) is 1. The molecule has 0 aliphatic carbocycles. The van der Waals surface area contributed by atoms with Crippen LogP contribution < -0.4 is 51.4 Å². The topological polar surface area (TPSA) is 58.5 Å². The second-order valence-corrected chi connectivity index (χ2v) is 0.429. The van der Waals surface area contributed by atoms with Crippen LogP contribution in [0.2, 0.25) is 0 Å². The van der Waals surface area contributed by atoms with Crippen molar-refractivity contribution in [3.8, 4) is 0 Å². The first-order valence-electron chi connectivity index (χ1n) is 0.756. The van der Waals surface area contributed by atoms with Crippen LogP contribution >= 0.6 is 0 Å². The van der Waals surface area contributed by atoms with E-state index in [2.05, 4.69) is 0 Å². The zero-order valence-electron chi connectivity index (χ0n) is 4.25. The summed E-state index contributed by atoms with van der Waals surface area (Å²) in [5.41, 5.74) is 0. The molecule has 0 saturated heterocycles. The second kappa shape index (κ2) is 12.5. The molecule has 1 N–H and O–H groups in total. The molecule has 2 nitrogen and oxygen atoms in total. The largest absolute Gasteiger partial charge is 2.00 e. The average Bonchev–Trinajstić information content (AvgIpc) is 0.722. The number of hydrogen-bond donors (Lipinski definition) is 0. The minimum absolute atomic E-state index is 0. The summed E-state index contributed by atoms with van der Waals surface area (Å²) in [6.45, 7) is 0. The van der Waals surface area contributed by atoms with Crippen molar-refractivity contribution < 1.29 is 97.0 Å². The van der Waals surface area contributed by atoms with Crippen LogP contribution in [-0.4, -0.2) is 11.9 Å². The summed E-state index contributed by atoms with van der Waals surface area (Å²) in [6, 6.07) is 0. The van der Waals surface area contributed by atoms with E-state index in [-0.39, 0.29) is 79.4 Å². The Kier molecular flexibility index (Phi) is 42.7. The maximum Gasteiger partial charge on any atom is 2.00 e. The molecular formula is CHF4KMnO2. The molecule has 9 heavy (non-hydrogen) atoms. The van der Waals surface area contributed by atoms with Crippen molar-refractivity contribution in [2.45, 2.75) is 6.43 Å². The van der Waals surface area contributed by atoms with E-state index < -0.39 is 6.43 Å². The molecule has 0 rings (SSSR count). The number of alkyl halides is 4. The minimum Gasteiger partial charge on any atom is -2.00 e. The van der Waals surface area contributed by atoms with Gasteiger partial charge in [-0.3, -0.25) is 0 Å². The van der Waals surface area contributed by atoms with Gasteiger partial charge in [0.05, 0.1) is 0 Å². The molecule has 0 amide bonds. The molecular weight excluding hydrogens is 214 g/mol. The Bertz CT molecular complexity index is 34.0.